The Balaban J connectivity index is 2.01. The summed E-state index contributed by atoms with van der Waals surface area (Å²) in [5.74, 6) is 0.230. The van der Waals surface area contributed by atoms with Gasteiger partial charge in [0.2, 0.25) is 5.95 Å². The van der Waals surface area contributed by atoms with Crippen molar-refractivity contribution in [2.75, 3.05) is 12.3 Å². The molecular weight excluding hydrogens is 254 g/mol. The number of anilines is 1. The first-order valence-corrected chi connectivity index (χ1v) is 7.12. The van der Waals surface area contributed by atoms with Gasteiger partial charge in [-0.2, -0.15) is 4.98 Å². The zero-order valence-electron chi connectivity index (χ0n) is 11.2. The van der Waals surface area contributed by atoms with Gasteiger partial charge in [0.15, 0.2) is 0 Å². The van der Waals surface area contributed by atoms with Crippen LogP contribution in [0.5, 0.6) is 0 Å². The van der Waals surface area contributed by atoms with Crippen molar-refractivity contribution in [1.82, 2.24) is 19.9 Å². The highest BCUT2D eigenvalue weighted by molar-refractivity contribution is 5.99. The number of amides is 1. The van der Waals surface area contributed by atoms with Crippen molar-refractivity contribution >= 4 is 22.9 Å². The maximum Gasteiger partial charge on any atom is 0.268 e. The molecule has 0 atom stereocenters. The molecule has 1 saturated carbocycles. The molecule has 0 unspecified atom stereocenters. The summed E-state index contributed by atoms with van der Waals surface area (Å²) in [5, 5.41) is 3.92. The summed E-state index contributed by atoms with van der Waals surface area (Å²) in [4.78, 5) is 20.6. The second-order valence-corrected chi connectivity index (χ2v) is 5.84. The summed E-state index contributed by atoms with van der Waals surface area (Å²) in [6, 6.07) is 1.87. The summed E-state index contributed by atoms with van der Waals surface area (Å²) in [5.41, 5.74) is 7.18. The third-order valence-corrected chi connectivity index (χ3v) is 4.63. The van der Waals surface area contributed by atoms with Crippen LogP contribution < -0.4 is 11.1 Å². The van der Waals surface area contributed by atoms with E-state index in [1.54, 1.807) is 6.20 Å². The highest BCUT2D eigenvalue weighted by Crippen LogP contribution is 2.40. The number of nitrogen functional groups attached to an aromatic ring is 1. The highest BCUT2D eigenvalue weighted by Gasteiger charge is 2.41. The largest absolute Gasteiger partial charge is 0.368 e. The SMILES string of the molecule is Nc1ncc2cc3n(c2n1)C1(CCCCC1)CNC3=O. The maximum absolute atomic E-state index is 12.2. The van der Waals surface area contributed by atoms with Crippen LogP contribution in [0.3, 0.4) is 0 Å². The van der Waals surface area contributed by atoms with E-state index in [0.29, 0.717) is 12.2 Å². The number of fused-ring (bicyclic) bond motifs is 4. The van der Waals surface area contributed by atoms with Crippen LogP contribution >= 0.6 is 0 Å². The lowest BCUT2D eigenvalue weighted by Crippen LogP contribution is -2.52. The van der Waals surface area contributed by atoms with E-state index in [1.165, 1.54) is 19.3 Å². The predicted octanol–water partition coefficient (Wildman–Crippen LogP) is 1.42. The first-order chi connectivity index (χ1) is 9.70. The Bertz CT molecular complexity index is 699. The Morgan fingerprint density at radius 3 is 2.90 bits per heavy atom. The number of nitrogens with two attached hydrogens (primary N) is 1. The van der Waals surface area contributed by atoms with E-state index < -0.39 is 0 Å². The summed E-state index contributed by atoms with van der Waals surface area (Å²) in [6.07, 6.45) is 7.50. The third kappa shape index (κ3) is 1.47. The van der Waals surface area contributed by atoms with Gasteiger partial charge in [-0.15, -0.1) is 0 Å². The van der Waals surface area contributed by atoms with Crippen LogP contribution in [0.4, 0.5) is 5.95 Å². The Morgan fingerprint density at radius 1 is 1.30 bits per heavy atom. The molecule has 0 aromatic carbocycles. The minimum absolute atomic E-state index is 0.0298. The molecule has 1 amide bonds. The molecule has 0 radical (unpaired) electrons. The summed E-state index contributed by atoms with van der Waals surface area (Å²) in [6.45, 7) is 0.687. The molecule has 3 N–H and O–H groups in total. The molecule has 2 aliphatic rings. The molecule has 20 heavy (non-hydrogen) atoms. The zero-order valence-corrected chi connectivity index (χ0v) is 11.2. The van der Waals surface area contributed by atoms with Crippen LogP contribution in [0.2, 0.25) is 0 Å². The average Bonchev–Trinajstić information content (AvgIpc) is 2.85. The minimum Gasteiger partial charge on any atom is -0.368 e. The van der Waals surface area contributed by atoms with Gasteiger partial charge in [0, 0.05) is 18.1 Å². The highest BCUT2D eigenvalue weighted by atomic mass is 16.2. The summed E-state index contributed by atoms with van der Waals surface area (Å²) in [7, 11) is 0. The molecular formula is C14H17N5O. The molecule has 6 heteroatoms. The zero-order chi connectivity index (χ0) is 13.7. The number of hydrogen-bond acceptors (Lipinski definition) is 4. The van der Waals surface area contributed by atoms with Crippen LogP contribution in [0, 0.1) is 0 Å². The number of hydrogen-bond donors (Lipinski definition) is 2. The van der Waals surface area contributed by atoms with Crippen molar-refractivity contribution in [3.8, 4) is 0 Å². The fourth-order valence-electron chi connectivity index (χ4n) is 3.67. The molecule has 1 fully saturated rings. The van der Waals surface area contributed by atoms with Gasteiger partial charge in [-0.25, -0.2) is 4.98 Å². The molecule has 1 aliphatic carbocycles. The molecule has 4 rings (SSSR count). The van der Waals surface area contributed by atoms with Crippen LogP contribution in [-0.2, 0) is 5.54 Å². The van der Waals surface area contributed by atoms with E-state index in [4.69, 9.17) is 5.73 Å². The van der Waals surface area contributed by atoms with Gasteiger partial charge in [0.1, 0.15) is 11.3 Å². The molecule has 1 aliphatic heterocycles. The minimum atomic E-state index is -0.0377. The monoisotopic (exact) mass is 271 g/mol. The molecule has 104 valence electrons. The summed E-state index contributed by atoms with van der Waals surface area (Å²) >= 11 is 0. The molecule has 6 nitrogen and oxygen atoms in total. The Morgan fingerprint density at radius 2 is 2.10 bits per heavy atom. The quantitative estimate of drug-likeness (QED) is 0.758. The fourth-order valence-corrected chi connectivity index (χ4v) is 3.67. The van der Waals surface area contributed by atoms with Gasteiger partial charge in [-0.3, -0.25) is 4.79 Å². The van der Waals surface area contributed by atoms with Gasteiger partial charge in [0.25, 0.3) is 5.91 Å². The van der Waals surface area contributed by atoms with E-state index >= 15 is 0 Å². The lowest BCUT2D eigenvalue weighted by atomic mass is 9.80. The molecule has 3 heterocycles. The number of rotatable bonds is 0. The molecule has 1 spiro atoms. The maximum atomic E-state index is 12.2. The molecule has 0 bridgehead atoms. The van der Waals surface area contributed by atoms with Crippen molar-refractivity contribution in [2.45, 2.75) is 37.6 Å². The number of nitrogens with one attached hydrogen (secondary N) is 1. The van der Waals surface area contributed by atoms with E-state index in [9.17, 15) is 4.79 Å². The molecule has 2 aromatic rings. The van der Waals surface area contributed by atoms with Crippen LogP contribution in [0.25, 0.3) is 11.0 Å². The van der Waals surface area contributed by atoms with Crippen molar-refractivity contribution in [1.29, 1.82) is 0 Å². The van der Waals surface area contributed by atoms with Gasteiger partial charge in [0.05, 0.1) is 5.54 Å². The smallest absolute Gasteiger partial charge is 0.268 e. The molecule has 2 aromatic heterocycles. The van der Waals surface area contributed by atoms with E-state index in [2.05, 4.69) is 19.9 Å². The number of carbonyl (C=O) groups excluding carboxylic acids is 1. The summed E-state index contributed by atoms with van der Waals surface area (Å²) < 4.78 is 2.12. The second kappa shape index (κ2) is 3.94. The van der Waals surface area contributed by atoms with Gasteiger partial charge < -0.3 is 15.6 Å². The fraction of sp³-hybridized carbons (Fsp3) is 0.500. The first-order valence-electron chi connectivity index (χ1n) is 7.12. The van der Waals surface area contributed by atoms with Crippen molar-refractivity contribution in [3.05, 3.63) is 18.0 Å². The predicted molar refractivity (Wildman–Crippen MR) is 75.3 cm³/mol. The standard InChI is InChI=1S/C14H17N5O/c15-13-16-7-9-6-10-12(20)17-8-14(4-2-1-3-5-14)19(10)11(9)18-13/h6-7H,1-5,8H2,(H,17,20)(H2,15,16,18). The Kier molecular flexibility index (Phi) is 2.31. The number of carbonyl (C=O) groups is 1. The normalized spacial score (nSPS) is 20.9. The first kappa shape index (κ1) is 11.7. The van der Waals surface area contributed by atoms with Crippen molar-refractivity contribution in [3.63, 3.8) is 0 Å². The van der Waals surface area contributed by atoms with Gasteiger partial charge in [-0.05, 0) is 18.9 Å². The molecule has 0 saturated heterocycles. The van der Waals surface area contributed by atoms with Crippen LogP contribution in [0.1, 0.15) is 42.6 Å². The Labute approximate surface area is 116 Å². The number of nitrogens with zero attached hydrogens (tertiary/aromatic N) is 3. The van der Waals surface area contributed by atoms with E-state index in [1.807, 2.05) is 6.07 Å². The Hall–Kier alpha value is -2.11. The van der Waals surface area contributed by atoms with E-state index in [0.717, 1.165) is 23.9 Å². The average molecular weight is 271 g/mol. The van der Waals surface area contributed by atoms with E-state index in [-0.39, 0.29) is 17.4 Å². The lowest BCUT2D eigenvalue weighted by molar-refractivity contribution is 0.0833. The van der Waals surface area contributed by atoms with Crippen molar-refractivity contribution in [2.24, 2.45) is 0 Å². The third-order valence-electron chi connectivity index (χ3n) is 4.63. The van der Waals surface area contributed by atoms with Gasteiger partial charge in [-0.1, -0.05) is 19.3 Å². The second-order valence-electron chi connectivity index (χ2n) is 5.84. The van der Waals surface area contributed by atoms with Gasteiger partial charge >= 0.3 is 0 Å². The van der Waals surface area contributed by atoms with Crippen molar-refractivity contribution < 1.29 is 4.79 Å². The van der Waals surface area contributed by atoms with Crippen LogP contribution in [0.15, 0.2) is 12.3 Å². The lowest BCUT2D eigenvalue weighted by Gasteiger charge is -2.42. The van der Waals surface area contributed by atoms with Crippen LogP contribution in [-0.4, -0.2) is 27.0 Å². The number of aromatic nitrogens is 3. The topological polar surface area (TPSA) is 85.8 Å².